The molecule has 3 rings (SSSR count). The summed E-state index contributed by atoms with van der Waals surface area (Å²) in [5.41, 5.74) is 1.21. The monoisotopic (exact) mass is 370 g/mol. The Bertz CT molecular complexity index is 900. The van der Waals surface area contributed by atoms with Crippen LogP contribution in [0.1, 0.15) is 15.9 Å². The minimum Gasteiger partial charge on any atom is -0.497 e. The van der Waals surface area contributed by atoms with Crippen LogP contribution < -0.4 is 14.2 Å². The molecule has 0 N–H and O–H groups in total. The van der Waals surface area contributed by atoms with E-state index in [1.54, 1.807) is 25.3 Å². The number of rotatable bonds is 7. The Morgan fingerprint density at radius 3 is 2.54 bits per heavy atom. The van der Waals surface area contributed by atoms with Crippen molar-refractivity contribution in [1.29, 1.82) is 0 Å². The van der Waals surface area contributed by atoms with Crippen LogP contribution in [0.4, 0.5) is 0 Å². The van der Waals surface area contributed by atoms with Crippen molar-refractivity contribution in [1.82, 2.24) is 9.97 Å². The highest BCUT2D eigenvalue weighted by Gasteiger charge is 2.13. The van der Waals surface area contributed by atoms with E-state index in [9.17, 15) is 4.79 Å². The average molecular weight is 371 g/mol. The van der Waals surface area contributed by atoms with Gasteiger partial charge in [0.25, 0.3) is 0 Å². The lowest BCUT2D eigenvalue weighted by molar-refractivity contribution is 0.111. The Kier molecular flexibility index (Phi) is 5.66. The van der Waals surface area contributed by atoms with Crippen molar-refractivity contribution in [2.75, 3.05) is 7.11 Å². The van der Waals surface area contributed by atoms with Gasteiger partial charge in [-0.15, -0.1) is 0 Å². The second kappa shape index (κ2) is 8.31. The summed E-state index contributed by atoms with van der Waals surface area (Å²) in [4.78, 5) is 19.5. The van der Waals surface area contributed by atoms with Gasteiger partial charge in [-0.1, -0.05) is 29.8 Å². The topological polar surface area (TPSA) is 70.5 Å². The number of aromatic nitrogens is 2. The molecule has 1 aromatic heterocycles. The fourth-order valence-corrected chi connectivity index (χ4v) is 2.33. The summed E-state index contributed by atoms with van der Waals surface area (Å²) >= 11 is 5.82. The number of benzene rings is 2. The normalized spacial score (nSPS) is 10.2. The molecule has 0 bridgehead atoms. The zero-order valence-corrected chi connectivity index (χ0v) is 14.6. The van der Waals surface area contributed by atoms with E-state index < -0.39 is 0 Å². The summed E-state index contributed by atoms with van der Waals surface area (Å²) in [6, 6.07) is 14.1. The number of aldehydes is 1. The predicted octanol–water partition coefficient (Wildman–Crippen LogP) is 4.32. The molecule has 3 aromatic rings. The molecule has 0 amide bonds. The number of hydrogen-bond acceptors (Lipinski definition) is 6. The number of ether oxygens (including phenoxy) is 3. The molecule has 0 aliphatic heterocycles. The Balaban J connectivity index is 1.77. The molecule has 132 valence electrons. The van der Waals surface area contributed by atoms with Crippen LogP contribution in [-0.2, 0) is 6.61 Å². The number of carbonyl (C=O) groups is 1. The van der Waals surface area contributed by atoms with Crippen molar-refractivity contribution in [2.45, 2.75) is 6.61 Å². The van der Waals surface area contributed by atoms with E-state index in [0.29, 0.717) is 18.6 Å². The fourth-order valence-electron chi connectivity index (χ4n) is 2.21. The Hall–Kier alpha value is -3.12. The highest BCUT2D eigenvalue weighted by Crippen LogP contribution is 2.30. The summed E-state index contributed by atoms with van der Waals surface area (Å²) in [5, 5.41) is 0.245. The maximum Gasteiger partial charge on any atom is 0.323 e. The van der Waals surface area contributed by atoms with E-state index in [-0.39, 0.29) is 22.5 Å². The van der Waals surface area contributed by atoms with Crippen molar-refractivity contribution in [3.05, 3.63) is 71.0 Å². The lowest BCUT2D eigenvalue weighted by Gasteiger charge is -2.12. The van der Waals surface area contributed by atoms with Gasteiger partial charge in [-0.05, 0) is 35.9 Å². The second-order valence-corrected chi connectivity index (χ2v) is 5.57. The van der Waals surface area contributed by atoms with Crippen molar-refractivity contribution in [3.63, 3.8) is 0 Å². The standard InChI is InChI=1S/C19H15ClN2O4/c1-24-14-7-5-13(6-8-14)12-25-16-3-2-4-17(15(16)11-23)26-19-21-10-9-18(20)22-19/h2-11H,12H2,1H3. The van der Waals surface area contributed by atoms with Crippen molar-refractivity contribution in [3.8, 4) is 23.3 Å². The molecule has 6 nitrogen and oxygen atoms in total. The molecule has 0 saturated carbocycles. The third kappa shape index (κ3) is 4.29. The van der Waals surface area contributed by atoms with Crippen LogP contribution in [0.15, 0.2) is 54.7 Å². The first kappa shape index (κ1) is 17.7. The largest absolute Gasteiger partial charge is 0.497 e. The van der Waals surface area contributed by atoms with Gasteiger partial charge in [-0.2, -0.15) is 4.98 Å². The molecule has 0 aliphatic rings. The molecule has 0 aliphatic carbocycles. The minimum absolute atomic E-state index is 0.0490. The number of nitrogens with zero attached hydrogens (tertiary/aromatic N) is 2. The van der Waals surface area contributed by atoms with Gasteiger partial charge in [0, 0.05) is 6.20 Å². The van der Waals surface area contributed by atoms with Crippen LogP contribution in [0, 0.1) is 0 Å². The lowest BCUT2D eigenvalue weighted by atomic mass is 10.2. The van der Waals surface area contributed by atoms with Gasteiger partial charge < -0.3 is 14.2 Å². The molecule has 0 fully saturated rings. The SMILES string of the molecule is COc1ccc(COc2cccc(Oc3nccc(Cl)n3)c2C=O)cc1. The number of carbonyl (C=O) groups excluding carboxylic acids is 1. The highest BCUT2D eigenvalue weighted by molar-refractivity contribution is 6.29. The summed E-state index contributed by atoms with van der Waals surface area (Å²) in [7, 11) is 1.61. The summed E-state index contributed by atoms with van der Waals surface area (Å²) in [6.07, 6.45) is 2.14. The van der Waals surface area contributed by atoms with E-state index >= 15 is 0 Å². The maximum absolute atomic E-state index is 11.6. The highest BCUT2D eigenvalue weighted by atomic mass is 35.5. The van der Waals surface area contributed by atoms with E-state index in [2.05, 4.69) is 9.97 Å². The first-order valence-corrected chi connectivity index (χ1v) is 8.07. The molecule has 1 heterocycles. The Morgan fingerprint density at radius 1 is 1.08 bits per heavy atom. The van der Waals surface area contributed by atoms with E-state index in [4.69, 9.17) is 25.8 Å². The van der Waals surface area contributed by atoms with Crippen LogP contribution in [0.5, 0.6) is 23.3 Å². The number of hydrogen-bond donors (Lipinski definition) is 0. The second-order valence-electron chi connectivity index (χ2n) is 5.19. The van der Waals surface area contributed by atoms with Gasteiger partial charge in [0.15, 0.2) is 6.29 Å². The van der Waals surface area contributed by atoms with E-state index in [1.807, 2.05) is 24.3 Å². The predicted molar refractivity (Wildman–Crippen MR) is 96.3 cm³/mol. The van der Waals surface area contributed by atoms with Crippen molar-refractivity contribution in [2.24, 2.45) is 0 Å². The van der Waals surface area contributed by atoms with Crippen LogP contribution in [0.3, 0.4) is 0 Å². The number of methoxy groups -OCH3 is 1. The smallest absolute Gasteiger partial charge is 0.323 e. The van der Waals surface area contributed by atoms with Crippen molar-refractivity contribution < 1.29 is 19.0 Å². The van der Waals surface area contributed by atoms with Crippen LogP contribution >= 0.6 is 11.6 Å². The van der Waals surface area contributed by atoms with Crippen LogP contribution in [0.2, 0.25) is 5.15 Å². The maximum atomic E-state index is 11.6. The molecule has 0 saturated heterocycles. The van der Waals surface area contributed by atoms with Crippen LogP contribution in [-0.4, -0.2) is 23.4 Å². The van der Waals surface area contributed by atoms with Gasteiger partial charge in [-0.25, -0.2) is 4.98 Å². The summed E-state index contributed by atoms with van der Waals surface area (Å²) < 4.78 is 16.5. The number of halogens is 1. The molecule has 0 radical (unpaired) electrons. The fraction of sp³-hybridized carbons (Fsp3) is 0.105. The average Bonchev–Trinajstić information content (AvgIpc) is 2.67. The quantitative estimate of drug-likeness (QED) is 0.455. The minimum atomic E-state index is 0.0490. The van der Waals surface area contributed by atoms with Gasteiger partial charge in [0.05, 0.1) is 12.7 Å². The summed E-state index contributed by atoms with van der Waals surface area (Å²) in [5.74, 6) is 1.45. The molecule has 26 heavy (non-hydrogen) atoms. The third-order valence-electron chi connectivity index (χ3n) is 3.50. The third-order valence-corrected chi connectivity index (χ3v) is 3.71. The van der Waals surface area contributed by atoms with Gasteiger partial charge >= 0.3 is 6.01 Å². The molecule has 2 aromatic carbocycles. The Labute approximate surface area is 155 Å². The molecule has 0 unspecified atom stereocenters. The molecule has 0 atom stereocenters. The van der Waals surface area contributed by atoms with E-state index in [1.165, 1.54) is 12.3 Å². The lowest BCUT2D eigenvalue weighted by Crippen LogP contribution is -2.01. The van der Waals surface area contributed by atoms with E-state index in [0.717, 1.165) is 11.3 Å². The molecular formula is C19H15ClN2O4. The summed E-state index contributed by atoms with van der Waals surface area (Å²) in [6.45, 7) is 0.294. The molecule has 7 heteroatoms. The van der Waals surface area contributed by atoms with Crippen LogP contribution in [0.25, 0.3) is 0 Å². The first-order chi connectivity index (χ1) is 12.7. The molecule has 0 spiro atoms. The Morgan fingerprint density at radius 2 is 1.85 bits per heavy atom. The van der Waals surface area contributed by atoms with Crippen molar-refractivity contribution >= 4 is 17.9 Å². The zero-order chi connectivity index (χ0) is 18.4. The van der Waals surface area contributed by atoms with Gasteiger partial charge in [0.2, 0.25) is 0 Å². The first-order valence-electron chi connectivity index (χ1n) is 7.70. The van der Waals surface area contributed by atoms with Gasteiger partial charge in [-0.3, -0.25) is 4.79 Å². The zero-order valence-electron chi connectivity index (χ0n) is 13.9. The van der Waals surface area contributed by atoms with Gasteiger partial charge in [0.1, 0.15) is 29.0 Å². The molecular weight excluding hydrogens is 356 g/mol.